The molecule has 2 aromatic heterocycles. The minimum atomic E-state index is -0.211. The number of hydrogen-bond donors (Lipinski definition) is 2. The van der Waals surface area contributed by atoms with Gasteiger partial charge in [0.2, 0.25) is 0 Å². The number of likely N-dealkylation sites (tertiary alicyclic amines) is 1. The van der Waals surface area contributed by atoms with Gasteiger partial charge in [-0.1, -0.05) is 24.3 Å². The van der Waals surface area contributed by atoms with Crippen molar-refractivity contribution in [1.82, 2.24) is 34.8 Å². The Hall–Kier alpha value is -4.74. The molecule has 5 rings (SSSR count). The maximum atomic E-state index is 13.6. The molecule has 1 unspecified atom stereocenters. The van der Waals surface area contributed by atoms with Crippen LogP contribution < -0.4 is 15.4 Å². The molecule has 0 spiro atoms. The monoisotopic (exact) mass is 652 g/mol. The fraction of sp³-hybridized carbons (Fsp3) is 0.405. The third kappa shape index (κ3) is 9.42. The Bertz CT molecular complexity index is 1650. The van der Waals surface area contributed by atoms with Gasteiger partial charge in [-0.05, 0) is 95.5 Å². The lowest BCUT2D eigenvalue weighted by Crippen LogP contribution is -2.38. The molecule has 0 bridgehead atoms. The summed E-state index contributed by atoms with van der Waals surface area (Å²) in [5.74, 6) is 1.15. The Balaban J connectivity index is 1.18. The van der Waals surface area contributed by atoms with Crippen molar-refractivity contribution in [1.29, 1.82) is 0 Å². The van der Waals surface area contributed by atoms with Crippen molar-refractivity contribution in [3.8, 4) is 28.0 Å². The lowest BCUT2D eigenvalue weighted by Gasteiger charge is -2.18. The van der Waals surface area contributed by atoms with E-state index in [1.165, 1.54) is 0 Å². The van der Waals surface area contributed by atoms with E-state index in [1.807, 2.05) is 86.8 Å². The minimum Gasteiger partial charge on any atom is -0.494 e. The van der Waals surface area contributed by atoms with Crippen molar-refractivity contribution in [3.63, 3.8) is 0 Å². The molecule has 1 fully saturated rings. The van der Waals surface area contributed by atoms with Crippen molar-refractivity contribution >= 4 is 17.6 Å². The number of carbonyl (C=O) groups excluding carboxylic acids is 2. The highest BCUT2D eigenvalue weighted by atomic mass is 16.5. The van der Waals surface area contributed by atoms with Crippen molar-refractivity contribution in [2.24, 2.45) is 7.05 Å². The molecule has 1 aliphatic rings. The summed E-state index contributed by atoms with van der Waals surface area (Å²) in [4.78, 5) is 37.8. The predicted molar refractivity (Wildman–Crippen MR) is 190 cm³/mol. The fourth-order valence-electron chi connectivity index (χ4n) is 5.74. The maximum Gasteiger partial charge on any atom is 0.255 e. The third-order valence-corrected chi connectivity index (χ3v) is 8.39. The molecule has 11 heteroatoms. The van der Waals surface area contributed by atoms with Gasteiger partial charge in [0.15, 0.2) is 0 Å². The second kappa shape index (κ2) is 16.4. The molecule has 2 N–H and O–H groups in total. The summed E-state index contributed by atoms with van der Waals surface area (Å²) >= 11 is 0. The smallest absolute Gasteiger partial charge is 0.255 e. The van der Waals surface area contributed by atoms with Gasteiger partial charge in [-0.25, -0.2) is 4.98 Å². The number of benzene rings is 2. The summed E-state index contributed by atoms with van der Waals surface area (Å²) in [6.45, 7) is 4.32. The van der Waals surface area contributed by atoms with Crippen molar-refractivity contribution in [2.45, 2.75) is 25.3 Å². The average molecular weight is 653 g/mol. The summed E-state index contributed by atoms with van der Waals surface area (Å²) < 4.78 is 7.58. The van der Waals surface area contributed by atoms with Crippen LogP contribution in [-0.4, -0.2) is 115 Å². The number of rotatable bonds is 15. The normalized spacial score (nSPS) is 14.5. The van der Waals surface area contributed by atoms with E-state index in [1.54, 1.807) is 17.1 Å². The molecule has 1 atom stereocenters. The molecule has 0 radical (unpaired) electrons. The highest BCUT2D eigenvalue weighted by Gasteiger charge is 2.29. The van der Waals surface area contributed by atoms with Gasteiger partial charge >= 0.3 is 0 Å². The van der Waals surface area contributed by atoms with E-state index in [0.717, 1.165) is 53.9 Å². The Labute approximate surface area is 283 Å². The first-order valence-corrected chi connectivity index (χ1v) is 16.6. The zero-order valence-corrected chi connectivity index (χ0v) is 28.8. The summed E-state index contributed by atoms with van der Waals surface area (Å²) in [6.07, 6.45) is 8.00. The average Bonchev–Trinajstić information content (AvgIpc) is 3.74. The number of carbonyl (C=O) groups is 2. The van der Waals surface area contributed by atoms with Crippen LogP contribution in [0.2, 0.25) is 0 Å². The van der Waals surface area contributed by atoms with Gasteiger partial charge in [-0.15, -0.1) is 0 Å². The number of amides is 2. The van der Waals surface area contributed by atoms with Crippen LogP contribution in [0.3, 0.4) is 0 Å². The molecule has 48 heavy (non-hydrogen) atoms. The van der Waals surface area contributed by atoms with Crippen molar-refractivity contribution in [3.05, 3.63) is 84.3 Å². The first-order valence-electron chi connectivity index (χ1n) is 16.6. The van der Waals surface area contributed by atoms with E-state index in [4.69, 9.17) is 4.74 Å². The molecule has 3 heterocycles. The van der Waals surface area contributed by atoms with E-state index in [2.05, 4.69) is 44.6 Å². The van der Waals surface area contributed by atoms with Crippen LogP contribution >= 0.6 is 0 Å². The Kier molecular flexibility index (Phi) is 11.8. The number of ether oxygens (including phenoxy) is 1. The lowest BCUT2D eigenvalue weighted by molar-refractivity contribution is 0.0783. The fourth-order valence-corrected chi connectivity index (χ4v) is 5.74. The number of nitrogens with one attached hydrogen (secondary N) is 2. The molecule has 2 amide bonds. The lowest BCUT2D eigenvalue weighted by atomic mass is 10.0. The highest BCUT2D eigenvalue weighted by molar-refractivity contribution is 6.00. The molecule has 1 aliphatic heterocycles. The zero-order valence-electron chi connectivity index (χ0n) is 28.8. The largest absolute Gasteiger partial charge is 0.494 e. The summed E-state index contributed by atoms with van der Waals surface area (Å²) in [6, 6.07) is 17.5. The Morgan fingerprint density at radius 2 is 1.58 bits per heavy atom. The van der Waals surface area contributed by atoms with Gasteiger partial charge in [-0.3, -0.25) is 14.3 Å². The van der Waals surface area contributed by atoms with Crippen LogP contribution in [0.1, 0.15) is 40.0 Å². The molecule has 254 valence electrons. The highest BCUT2D eigenvalue weighted by Crippen LogP contribution is 2.26. The van der Waals surface area contributed by atoms with Crippen molar-refractivity contribution < 1.29 is 14.3 Å². The number of nitrogens with zero attached hydrogens (tertiary/aromatic N) is 6. The van der Waals surface area contributed by atoms with E-state index < -0.39 is 0 Å². The summed E-state index contributed by atoms with van der Waals surface area (Å²) in [5, 5.41) is 10.8. The van der Waals surface area contributed by atoms with E-state index in [0.29, 0.717) is 49.6 Å². The Morgan fingerprint density at radius 1 is 0.896 bits per heavy atom. The topological polar surface area (TPSA) is 108 Å². The van der Waals surface area contributed by atoms with E-state index in [-0.39, 0.29) is 17.9 Å². The number of hydrogen-bond acceptors (Lipinski definition) is 8. The molecule has 0 saturated carbocycles. The summed E-state index contributed by atoms with van der Waals surface area (Å²) in [7, 11) is 10.0. The first-order chi connectivity index (χ1) is 23.2. The number of pyridine rings is 1. The quantitative estimate of drug-likeness (QED) is 0.181. The summed E-state index contributed by atoms with van der Waals surface area (Å²) in [5.41, 5.74) is 4.91. The first kappa shape index (κ1) is 34.6. The van der Waals surface area contributed by atoms with Crippen LogP contribution in [0, 0.1) is 0 Å². The van der Waals surface area contributed by atoms with Gasteiger partial charge in [0.1, 0.15) is 11.6 Å². The van der Waals surface area contributed by atoms with Gasteiger partial charge in [0.25, 0.3) is 11.8 Å². The predicted octanol–water partition coefficient (Wildman–Crippen LogP) is 4.49. The van der Waals surface area contributed by atoms with Crippen LogP contribution in [0.5, 0.6) is 5.75 Å². The minimum absolute atomic E-state index is 0.0386. The molecular formula is C37H48N8O3. The molecule has 2 aromatic carbocycles. The van der Waals surface area contributed by atoms with E-state index in [9.17, 15) is 9.59 Å². The van der Waals surface area contributed by atoms with Crippen LogP contribution in [0.25, 0.3) is 22.3 Å². The maximum absolute atomic E-state index is 13.6. The van der Waals surface area contributed by atoms with Crippen molar-refractivity contribution in [2.75, 3.05) is 72.8 Å². The van der Waals surface area contributed by atoms with E-state index >= 15 is 0 Å². The third-order valence-electron chi connectivity index (χ3n) is 8.39. The zero-order chi connectivity index (χ0) is 34.0. The number of aromatic nitrogens is 3. The standard InChI is InChI=1S/C37H48N8O3/c1-42(2)18-6-17-38-35-34(22-30(23-39-35)31-24-40-44(5)25-31)36(46)41-32-16-20-45(26-32)37(47)29-10-8-27(9-11-29)28-12-14-33(15-13-28)48-21-7-19-43(3)4/h8-15,22-25,32H,6-7,16-21,26H2,1-5H3,(H,38,39)(H,41,46). The van der Waals surface area contributed by atoms with Crippen LogP contribution in [0.15, 0.2) is 73.2 Å². The molecule has 1 saturated heterocycles. The SMILES string of the molecule is CN(C)CCCNc1ncc(-c2cnn(C)c2)cc1C(=O)NC1CCN(C(=O)c2ccc(-c3ccc(OCCCN(C)C)cc3)cc2)C1. The van der Waals surface area contributed by atoms with Gasteiger partial charge < -0.3 is 30.1 Å². The molecular weight excluding hydrogens is 604 g/mol. The Morgan fingerprint density at radius 3 is 2.25 bits per heavy atom. The second-order valence-corrected chi connectivity index (χ2v) is 12.9. The molecule has 4 aromatic rings. The number of aryl methyl sites for hydroxylation is 1. The molecule has 11 nitrogen and oxygen atoms in total. The van der Waals surface area contributed by atoms with Crippen LogP contribution in [-0.2, 0) is 7.05 Å². The number of anilines is 1. The van der Waals surface area contributed by atoms with Gasteiger partial charge in [0.05, 0.1) is 18.4 Å². The molecule has 0 aliphatic carbocycles. The van der Waals surface area contributed by atoms with Gasteiger partial charge in [-0.2, -0.15) is 5.10 Å². The second-order valence-electron chi connectivity index (χ2n) is 12.9. The van der Waals surface area contributed by atoms with Crippen LogP contribution in [0.4, 0.5) is 5.82 Å². The van der Waals surface area contributed by atoms with Gasteiger partial charge in [0, 0.05) is 68.4 Å².